The predicted molar refractivity (Wildman–Crippen MR) is 125 cm³/mol. The number of hydrazone groups is 1. The van der Waals surface area contributed by atoms with Gasteiger partial charge in [-0.25, -0.2) is 9.97 Å². The van der Waals surface area contributed by atoms with Crippen molar-refractivity contribution in [3.05, 3.63) is 50.6 Å². The minimum absolute atomic E-state index is 0.328. The lowest BCUT2D eigenvalue weighted by molar-refractivity contribution is 0.184. The van der Waals surface area contributed by atoms with Crippen molar-refractivity contribution < 1.29 is 0 Å². The lowest BCUT2D eigenvalue weighted by Crippen LogP contribution is -2.28. The summed E-state index contributed by atoms with van der Waals surface area (Å²) in [4.78, 5) is 11.5. The Bertz CT molecular complexity index is 1050. The number of anilines is 1. The molecule has 7 heteroatoms. The minimum atomic E-state index is 0.328. The van der Waals surface area contributed by atoms with Crippen LogP contribution in [0.1, 0.15) is 49.6 Å². The minimum Gasteiger partial charge on any atom is -0.261 e. The molecular weight excluding hydrogens is 423 g/mol. The van der Waals surface area contributed by atoms with Crippen LogP contribution < -0.4 is 5.43 Å². The summed E-state index contributed by atoms with van der Waals surface area (Å²) in [6, 6.07) is 5.40. The fourth-order valence-electron chi connectivity index (χ4n) is 3.94. The van der Waals surface area contributed by atoms with Crippen LogP contribution in [0.25, 0.3) is 10.2 Å². The molecule has 0 amide bonds. The van der Waals surface area contributed by atoms with E-state index in [9.17, 15) is 0 Å². The highest BCUT2D eigenvalue weighted by atomic mass is 35.5. The summed E-state index contributed by atoms with van der Waals surface area (Å²) in [5.41, 5.74) is 5.50. The first-order valence-electron chi connectivity index (χ1n) is 9.89. The number of rotatable bonds is 5. The molecule has 1 N–H and O–H groups in total. The van der Waals surface area contributed by atoms with Gasteiger partial charge in [0.15, 0.2) is 5.82 Å². The van der Waals surface area contributed by atoms with E-state index in [4.69, 9.17) is 23.2 Å². The fourth-order valence-corrected chi connectivity index (χ4v) is 5.62. The van der Waals surface area contributed by atoms with Crippen LogP contribution in [0, 0.1) is 11.3 Å². The van der Waals surface area contributed by atoms with Crippen molar-refractivity contribution in [2.24, 2.45) is 16.4 Å². The van der Waals surface area contributed by atoms with Crippen molar-refractivity contribution in [1.82, 2.24) is 9.97 Å². The van der Waals surface area contributed by atoms with Crippen molar-refractivity contribution in [3.8, 4) is 0 Å². The van der Waals surface area contributed by atoms with Crippen LogP contribution in [0.15, 0.2) is 29.6 Å². The Morgan fingerprint density at radius 1 is 1.28 bits per heavy atom. The van der Waals surface area contributed by atoms with Crippen LogP contribution in [0.5, 0.6) is 0 Å². The summed E-state index contributed by atoms with van der Waals surface area (Å²) in [6.45, 7) is 7.04. The van der Waals surface area contributed by atoms with Gasteiger partial charge in [-0.15, -0.1) is 11.3 Å². The molecule has 1 aromatic carbocycles. The number of aryl methyl sites for hydroxylation is 1. The van der Waals surface area contributed by atoms with Gasteiger partial charge in [-0.05, 0) is 48.3 Å². The van der Waals surface area contributed by atoms with E-state index in [1.807, 2.05) is 6.07 Å². The van der Waals surface area contributed by atoms with E-state index in [1.165, 1.54) is 23.3 Å². The number of fused-ring (bicyclic) bond motifs is 3. The first-order chi connectivity index (χ1) is 13.9. The second-order valence-corrected chi connectivity index (χ2v) is 10.1. The molecule has 0 radical (unpaired) electrons. The van der Waals surface area contributed by atoms with Crippen molar-refractivity contribution in [1.29, 1.82) is 0 Å². The highest BCUT2D eigenvalue weighted by Gasteiger charge is 2.33. The molecule has 0 saturated carbocycles. The molecule has 1 atom stereocenters. The molecule has 0 spiro atoms. The van der Waals surface area contributed by atoms with Crippen LogP contribution in [0.3, 0.4) is 0 Å². The lowest BCUT2D eigenvalue weighted by atomic mass is 9.69. The van der Waals surface area contributed by atoms with Crippen molar-refractivity contribution in [2.45, 2.75) is 46.5 Å². The number of hydrogen-bond acceptors (Lipinski definition) is 5. The number of halogens is 2. The zero-order valence-corrected chi connectivity index (χ0v) is 19.1. The molecule has 152 valence electrons. The first-order valence-corrected chi connectivity index (χ1v) is 11.5. The van der Waals surface area contributed by atoms with Gasteiger partial charge in [0.2, 0.25) is 0 Å². The molecule has 2 aromatic heterocycles. The number of aromatic nitrogens is 2. The summed E-state index contributed by atoms with van der Waals surface area (Å²) in [6.07, 6.45) is 7.83. The van der Waals surface area contributed by atoms with Gasteiger partial charge >= 0.3 is 0 Å². The number of hydrogen-bond donors (Lipinski definition) is 1. The van der Waals surface area contributed by atoms with Crippen molar-refractivity contribution in [3.63, 3.8) is 0 Å². The molecule has 4 rings (SSSR count). The highest BCUT2D eigenvalue weighted by molar-refractivity contribution is 7.19. The Hall–Kier alpha value is -1.69. The molecule has 1 aliphatic rings. The summed E-state index contributed by atoms with van der Waals surface area (Å²) < 4.78 is 0. The van der Waals surface area contributed by atoms with E-state index in [2.05, 4.69) is 41.3 Å². The van der Waals surface area contributed by atoms with Crippen LogP contribution in [-0.2, 0) is 12.8 Å². The third kappa shape index (κ3) is 4.00. The van der Waals surface area contributed by atoms with Gasteiger partial charge in [0.1, 0.15) is 11.2 Å². The van der Waals surface area contributed by atoms with Gasteiger partial charge < -0.3 is 0 Å². The second-order valence-electron chi connectivity index (χ2n) is 8.19. The van der Waals surface area contributed by atoms with Gasteiger partial charge in [0, 0.05) is 10.4 Å². The van der Waals surface area contributed by atoms with Gasteiger partial charge in [-0.3, -0.25) is 5.43 Å². The summed E-state index contributed by atoms with van der Waals surface area (Å²) in [7, 11) is 0. The van der Waals surface area contributed by atoms with Gasteiger partial charge in [-0.1, -0.05) is 56.5 Å². The number of thiophene rings is 1. The standard InChI is InChI=1S/C22H24Cl2N4S/c1-4-22(2,3)13-8-9-18-14(10-13)19-20(25-12-26-21(19)29-18)28-27-11-15-16(23)6-5-7-17(15)24/h5-7,11-13H,4,8-10H2,1-3H3,(H,25,26,28)/b27-11-. The third-order valence-corrected chi connectivity index (χ3v) is 8.08. The zero-order chi connectivity index (χ0) is 20.6. The molecule has 1 aliphatic carbocycles. The van der Waals surface area contributed by atoms with E-state index < -0.39 is 0 Å². The molecule has 0 saturated heterocycles. The van der Waals surface area contributed by atoms with Crippen LogP contribution >= 0.6 is 34.5 Å². The van der Waals surface area contributed by atoms with Gasteiger partial charge in [0.25, 0.3) is 0 Å². The fraction of sp³-hybridized carbons (Fsp3) is 0.409. The molecule has 4 nitrogen and oxygen atoms in total. The Balaban J connectivity index is 1.66. The summed E-state index contributed by atoms with van der Waals surface area (Å²) >= 11 is 14.2. The Morgan fingerprint density at radius 3 is 2.76 bits per heavy atom. The average Bonchev–Trinajstić information content (AvgIpc) is 3.08. The Labute approximate surface area is 185 Å². The van der Waals surface area contributed by atoms with Crippen molar-refractivity contribution >= 4 is 56.8 Å². The van der Waals surface area contributed by atoms with Gasteiger partial charge in [0.05, 0.1) is 21.6 Å². The lowest BCUT2D eigenvalue weighted by Gasteiger charge is -2.36. The molecule has 0 bridgehead atoms. The van der Waals surface area contributed by atoms with E-state index in [1.54, 1.807) is 36.0 Å². The molecule has 0 fully saturated rings. The second kappa shape index (κ2) is 8.21. The maximum atomic E-state index is 6.23. The van der Waals surface area contributed by atoms with E-state index in [0.29, 0.717) is 26.9 Å². The summed E-state index contributed by atoms with van der Waals surface area (Å²) in [5, 5.41) is 6.60. The van der Waals surface area contributed by atoms with Crippen molar-refractivity contribution in [2.75, 3.05) is 5.43 Å². The smallest absolute Gasteiger partial charge is 0.158 e. The van der Waals surface area contributed by atoms with E-state index >= 15 is 0 Å². The first kappa shape index (κ1) is 20.6. The van der Waals surface area contributed by atoms with Crippen LogP contribution in [-0.4, -0.2) is 16.2 Å². The third-order valence-electron chi connectivity index (χ3n) is 6.22. The number of benzene rings is 1. The molecular formula is C22H24Cl2N4S. The number of nitrogens with one attached hydrogen (secondary N) is 1. The molecule has 2 heterocycles. The normalized spacial score (nSPS) is 17.1. The average molecular weight is 447 g/mol. The zero-order valence-electron chi connectivity index (χ0n) is 16.8. The Kier molecular flexibility index (Phi) is 5.83. The summed E-state index contributed by atoms with van der Waals surface area (Å²) in [5.74, 6) is 1.40. The largest absolute Gasteiger partial charge is 0.261 e. The predicted octanol–water partition coefficient (Wildman–Crippen LogP) is 6.99. The monoisotopic (exact) mass is 446 g/mol. The topological polar surface area (TPSA) is 50.2 Å². The maximum absolute atomic E-state index is 6.23. The van der Waals surface area contributed by atoms with E-state index in [0.717, 1.165) is 28.9 Å². The van der Waals surface area contributed by atoms with Crippen LogP contribution in [0.4, 0.5) is 5.82 Å². The molecule has 0 aliphatic heterocycles. The van der Waals surface area contributed by atoms with Crippen LogP contribution in [0.2, 0.25) is 10.0 Å². The molecule has 3 aromatic rings. The Morgan fingerprint density at radius 2 is 2.03 bits per heavy atom. The number of nitrogens with zero attached hydrogens (tertiary/aromatic N) is 3. The highest BCUT2D eigenvalue weighted by Crippen LogP contribution is 2.45. The maximum Gasteiger partial charge on any atom is 0.158 e. The van der Waals surface area contributed by atoms with Gasteiger partial charge in [-0.2, -0.15) is 5.10 Å². The van der Waals surface area contributed by atoms with E-state index in [-0.39, 0.29) is 0 Å². The SMILES string of the molecule is CCC(C)(C)C1CCc2sc3ncnc(N/N=C\c4c(Cl)cccc4Cl)c3c2C1. The molecule has 1 unspecified atom stereocenters. The quantitative estimate of drug-likeness (QED) is 0.339. The molecule has 29 heavy (non-hydrogen) atoms.